The highest BCUT2D eigenvalue weighted by Crippen LogP contribution is 2.14. The van der Waals surface area contributed by atoms with Gasteiger partial charge in [-0.1, -0.05) is 0 Å². The van der Waals surface area contributed by atoms with E-state index in [9.17, 15) is 0 Å². The lowest BCUT2D eigenvalue weighted by Gasteiger charge is -1.98. The van der Waals surface area contributed by atoms with Gasteiger partial charge in [0.1, 0.15) is 5.69 Å². The Hall–Kier alpha value is -1.92. The molecule has 0 bridgehead atoms. The van der Waals surface area contributed by atoms with Crippen molar-refractivity contribution in [2.45, 2.75) is 0 Å². The van der Waals surface area contributed by atoms with E-state index < -0.39 is 0 Å². The lowest BCUT2D eigenvalue weighted by atomic mass is 10.4. The van der Waals surface area contributed by atoms with Crippen molar-refractivity contribution in [3.63, 3.8) is 0 Å². The summed E-state index contributed by atoms with van der Waals surface area (Å²) < 4.78 is 1.80. The van der Waals surface area contributed by atoms with Crippen LogP contribution in [0.15, 0.2) is 6.20 Å². The molecule has 0 saturated heterocycles. The Labute approximate surface area is 74.2 Å². The molecule has 0 atom stereocenters. The maximum absolute atomic E-state index is 3.96. The zero-order valence-corrected chi connectivity index (χ0v) is 7.31. The largest absolute Gasteiger partial charge is 0.357 e. The smallest absolute Gasteiger partial charge is 0.224 e. The van der Waals surface area contributed by atoms with Crippen molar-refractivity contribution >= 4 is 5.95 Å². The van der Waals surface area contributed by atoms with Gasteiger partial charge in [0.05, 0.1) is 6.20 Å². The van der Waals surface area contributed by atoms with E-state index in [1.165, 1.54) is 0 Å². The molecule has 0 spiro atoms. The summed E-state index contributed by atoms with van der Waals surface area (Å²) in [5, 5.41) is 20.9. The molecule has 7 nitrogen and oxygen atoms in total. The SMILES string of the molecule is CNc1nnc(-c2cn[nH]n2)n1C. The number of H-pyrrole nitrogens is 1. The minimum Gasteiger partial charge on any atom is -0.357 e. The van der Waals surface area contributed by atoms with Crippen molar-refractivity contribution < 1.29 is 0 Å². The fourth-order valence-electron chi connectivity index (χ4n) is 1.08. The maximum Gasteiger partial charge on any atom is 0.224 e. The molecule has 0 unspecified atom stereocenters. The molecule has 0 fully saturated rings. The van der Waals surface area contributed by atoms with Crippen molar-refractivity contribution in [1.82, 2.24) is 30.2 Å². The van der Waals surface area contributed by atoms with Gasteiger partial charge >= 0.3 is 0 Å². The zero-order chi connectivity index (χ0) is 9.26. The molecule has 0 aliphatic carbocycles. The van der Waals surface area contributed by atoms with Crippen LogP contribution in [0.1, 0.15) is 0 Å². The summed E-state index contributed by atoms with van der Waals surface area (Å²) in [4.78, 5) is 0. The summed E-state index contributed by atoms with van der Waals surface area (Å²) in [7, 11) is 3.65. The predicted molar refractivity (Wildman–Crippen MR) is 45.9 cm³/mol. The molecule has 2 rings (SSSR count). The van der Waals surface area contributed by atoms with Crippen LogP contribution in [-0.4, -0.2) is 37.2 Å². The van der Waals surface area contributed by atoms with Crippen LogP contribution in [0.3, 0.4) is 0 Å². The van der Waals surface area contributed by atoms with E-state index in [0.29, 0.717) is 17.5 Å². The lowest BCUT2D eigenvalue weighted by molar-refractivity contribution is 0.905. The molecule has 2 N–H and O–H groups in total. The van der Waals surface area contributed by atoms with Crippen LogP contribution in [0.5, 0.6) is 0 Å². The number of nitrogens with one attached hydrogen (secondary N) is 2. The predicted octanol–water partition coefficient (Wildman–Crippen LogP) is -0.358. The number of rotatable bonds is 2. The molecule has 0 aromatic carbocycles. The van der Waals surface area contributed by atoms with Crippen LogP contribution >= 0.6 is 0 Å². The Morgan fingerprint density at radius 2 is 2.31 bits per heavy atom. The molecule has 2 aromatic rings. The first-order chi connectivity index (χ1) is 6.33. The van der Waals surface area contributed by atoms with Crippen molar-refractivity contribution in [3.8, 4) is 11.5 Å². The standard InChI is InChI=1S/C6H9N7/c1-7-6-11-10-5(13(6)2)4-3-8-12-9-4/h3H,1-2H3,(H,7,11)(H,8,9,12). The quantitative estimate of drug-likeness (QED) is 0.657. The number of hydrogen-bond acceptors (Lipinski definition) is 5. The first-order valence-corrected chi connectivity index (χ1v) is 3.76. The second-order valence-corrected chi connectivity index (χ2v) is 2.51. The fourth-order valence-corrected chi connectivity index (χ4v) is 1.08. The maximum atomic E-state index is 3.96. The van der Waals surface area contributed by atoms with E-state index in [-0.39, 0.29) is 0 Å². The van der Waals surface area contributed by atoms with Gasteiger partial charge in [0.25, 0.3) is 0 Å². The summed E-state index contributed by atoms with van der Waals surface area (Å²) in [6.45, 7) is 0. The Kier molecular flexibility index (Phi) is 1.69. The molecule has 0 radical (unpaired) electrons. The van der Waals surface area contributed by atoms with E-state index in [4.69, 9.17) is 0 Å². The molecule has 2 aromatic heterocycles. The van der Waals surface area contributed by atoms with Gasteiger partial charge in [-0.15, -0.1) is 10.2 Å². The van der Waals surface area contributed by atoms with E-state index in [0.717, 1.165) is 0 Å². The monoisotopic (exact) mass is 179 g/mol. The summed E-state index contributed by atoms with van der Waals surface area (Å²) in [5.74, 6) is 1.37. The van der Waals surface area contributed by atoms with Crippen LogP contribution in [0.25, 0.3) is 11.5 Å². The second kappa shape index (κ2) is 2.85. The molecule has 68 valence electrons. The molecule has 0 saturated carbocycles. The highest BCUT2D eigenvalue weighted by molar-refractivity contribution is 5.49. The van der Waals surface area contributed by atoms with E-state index in [1.54, 1.807) is 17.8 Å². The number of nitrogens with zero attached hydrogens (tertiary/aromatic N) is 5. The molecule has 7 heteroatoms. The van der Waals surface area contributed by atoms with Gasteiger partial charge in [-0.25, -0.2) is 0 Å². The van der Waals surface area contributed by atoms with Crippen molar-refractivity contribution in [2.24, 2.45) is 7.05 Å². The lowest BCUT2D eigenvalue weighted by Crippen LogP contribution is -1.99. The van der Waals surface area contributed by atoms with E-state index in [2.05, 4.69) is 30.9 Å². The summed E-state index contributed by atoms with van der Waals surface area (Å²) in [6.07, 6.45) is 1.60. The minimum absolute atomic E-state index is 0.677. The molecule has 0 aliphatic rings. The third-order valence-electron chi connectivity index (χ3n) is 1.74. The van der Waals surface area contributed by atoms with E-state index >= 15 is 0 Å². The molecule has 0 amide bonds. The van der Waals surface area contributed by atoms with Gasteiger partial charge in [0.15, 0.2) is 5.82 Å². The van der Waals surface area contributed by atoms with Crippen LogP contribution < -0.4 is 5.32 Å². The van der Waals surface area contributed by atoms with E-state index in [1.807, 2.05) is 7.05 Å². The third-order valence-corrected chi connectivity index (χ3v) is 1.74. The highest BCUT2D eigenvalue weighted by atomic mass is 15.4. The molecule has 0 aliphatic heterocycles. The van der Waals surface area contributed by atoms with Crippen molar-refractivity contribution in [2.75, 3.05) is 12.4 Å². The van der Waals surface area contributed by atoms with Gasteiger partial charge in [-0.2, -0.15) is 15.4 Å². The molecule has 2 heterocycles. The van der Waals surface area contributed by atoms with Crippen molar-refractivity contribution in [1.29, 1.82) is 0 Å². The average molecular weight is 179 g/mol. The summed E-state index contributed by atoms with van der Waals surface area (Å²) in [6, 6.07) is 0. The minimum atomic E-state index is 0.677. The average Bonchev–Trinajstić information content (AvgIpc) is 2.72. The van der Waals surface area contributed by atoms with Gasteiger partial charge in [0.2, 0.25) is 5.95 Å². The Morgan fingerprint density at radius 3 is 2.85 bits per heavy atom. The van der Waals surface area contributed by atoms with Crippen LogP contribution in [0.2, 0.25) is 0 Å². The topological polar surface area (TPSA) is 84.3 Å². The zero-order valence-electron chi connectivity index (χ0n) is 7.31. The first-order valence-electron chi connectivity index (χ1n) is 3.76. The first kappa shape index (κ1) is 7.71. The van der Waals surface area contributed by atoms with Gasteiger partial charge in [-0.05, 0) is 0 Å². The highest BCUT2D eigenvalue weighted by Gasteiger charge is 2.10. The normalized spacial score (nSPS) is 10.3. The fraction of sp³-hybridized carbons (Fsp3) is 0.333. The van der Waals surface area contributed by atoms with Crippen LogP contribution in [-0.2, 0) is 7.05 Å². The van der Waals surface area contributed by atoms with Crippen LogP contribution in [0, 0.1) is 0 Å². The summed E-state index contributed by atoms with van der Waals surface area (Å²) in [5.41, 5.74) is 0.677. The Morgan fingerprint density at radius 1 is 1.46 bits per heavy atom. The Balaban J connectivity index is 2.48. The molecular weight excluding hydrogens is 170 g/mol. The summed E-state index contributed by atoms with van der Waals surface area (Å²) >= 11 is 0. The third kappa shape index (κ3) is 1.13. The number of aromatic nitrogens is 6. The second-order valence-electron chi connectivity index (χ2n) is 2.51. The van der Waals surface area contributed by atoms with Gasteiger partial charge < -0.3 is 5.32 Å². The van der Waals surface area contributed by atoms with Crippen LogP contribution in [0.4, 0.5) is 5.95 Å². The van der Waals surface area contributed by atoms with Gasteiger partial charge in [0, 0.05) is 14.1 Å². The van der Waals surface area contributed by atoms with Crippen molar-refractivity contribution in [3.05, 3.63) is 6.20 Å². The number of anilines is 1. The Bertz CT molecular complexity index is 387. The number of aromatic amines is 1. The molecular formula is C6H9N7. The number of hydrogen-bond donors (Lipinski definition) is 2. The van der Waals surface area contributed by atoms with Gasteiger partial charge in [-0.3, -0.25) is 4.57 Å². The molecule has 13 heavy (non-hydrogen) atoms.